The van der Waals surface area contributed by atoms with Gasteiger partial charge in [-0.05, 0) is 89.2 Å². The summed E-state index contributed by atoms with van der Waals surface area (Å²) in [5.74, 6) is -1.78. The predicted octanol–water partition coefficient (Wildman–Crippen LogP) is 11.0. The summed E-state index contributed by atoms with van der Waals surface area (Å²) in [4.78, 5) is 25.1. The van der Waals surface area contributed by atoms with E-state index in [9.17, 15) is 22.6 Å². The van der Waals surface area contributed by atoms with E-state index in [0.29, 0.717) is 12.8 Å². The van der Waals surface area contributed by atoms with Crippen LogP contribution in [0.3, 0.4) is 0 Å². The van der Waals surface area contributed by atoms with E-state index in [1.165, 1.54) is 89.2 Å². The highest BCUT2D eigenvalue weighted by Gasteiger charge is 2.28. The second-order valence-corrected chi connectivity index (χ2v) is 13.6. The van der Waals surface area contributed by atoms with Crippen LogP contribution in [0, 0.1) is 0 Å². The number of ether oxygens (including phenoxy) is 2. The van der Waals surface area contributed by atoms with Crippen LogP contribution in [-0.4, -0.2) is 38.1 Å². The molecule has 1 aromatic carbocycles. The van der Waals surface area contributed by atoms with Gasteiger partial charge in [-0.15, -0.1) is 0 Å². The van der Waals surface area contributed by atoms with Gasteiger partial charge >= 0.3 is 11.9 Å². The number of esters is 2. The Morgan fingerprint density at radius 1 is 0.587 bits per heavy atom. The van der Waals surface area contributed by atoms with Gasteiger partial charge in [0.1, 0.15) is 4.90 Å². The summed E-state index contributed by atoms with van der Waals surface area (Å²) in [5, 5.41) is 0. The number of carbonyl (C=O) groups excluding carboxylic acids is 2. The zero-order valence-corrected chi connectivity index (χ0v) is 29.6. The second-order valence-electron chi connectivity index (χ2n) is 12.2. The van der Waals surface area contributed by atoms with Gasteiger partial charge in [-0.25, -0.2) is 9.59 Å². The normalized spacial score (nSPS) is 11.9. The number of carbonyl (C=O) groups is 2. The highest BCUT2D eigenvalue weighted by atomic mass is 32.2. The van der Waals surface area contributed by atoms with Crippen molar-refractivity contribution in [2.24, 2.45) is 0 Å². The van der Waals surface area contributed by atoms with Gasteiger partial charge in [0.05, 0.1) is 24.3 Å². The Hall–Kier alpha value is -2.45. The molecule has 0 saturated carbocycles. The van der Waals surface area contributed by atoms with Gasteiger partial charge in [0.25, 0.3) is 10.1 Å². The highest BCUT2D eigenvalue weighted by molar-refractivity contribution is 7.86. The Kier molecular flexibility index (Phi) is 25.0. The van der Waals surface area contributed by atoms with Crippen molar-refractivity contribution in [3.05, 3.63) is 53.6 Å². The van der Waals surface area contributed by atoms with Crippen LogP contribution < -0.4 is 0 Å². The van der Waals surface area contributed by atoms with Crippen LogP contribution in [0.15, 0.2) is 47.4 Å². The summed E-state index contributed by atoms with van der Waals surface area (Å²) in [7, 11) is -4.77. The molecular weight excluding hydrogens is 600 g/mol. The highest BCUT2D eigenvalue weighted by Crippen LogP contribution is 2.22. The largest absolute Gasteiger partial charge is 0.462 e. The Labute approximate surface area is 280 Å². The van der Waals surface area contributed by atoms with Crippen LogP contribution in [-0.2, 0) is 19.6 Å². The summed E-state index contributed by atoms with van der Waals surface area (Å²) >= 11 is 0. The van der Waals surface area contributed by atoms with Crippen molar-refractivity contribution in [3.8, 4) is 0 Å². The molecule has 0 radical (unpaired) electrons. The molecule has 1 rings (SSSR count). The zero-order valence-electron chi connectivity index (χ0n) is 28.8. The third-order valence-electron chi connectivity index (χ3n) is 8.01. The van der Waals surface area contributed by atoms with E-state index in [1.807, 2.05) is 0 Å². The molecule has 0 heterocycles. The Morgan fingerprint density at radius 3 is 1.41 bits per heavy atom. The summed E-state index contributed by atoms with van der Waals surface area (Å²) < 4.78 is 44.5. The lowest BCUT2D eigenvalue weighted by Gasteiger charge is -2.12. The predicted molar refractivity (Wildman–Crippen MR) is 188 cm³/mol. The van der Waals surface area contributed by atoms with Crippen LogP contribution in [0.4, 0.5) is 0 Å². The molecule has 0 aromatic heterocycles. The summed E-state index contributed by atoms with van der Waals surface area (Å²) in [6.07, 6.45) is 33.5. The molecule has 1 aromatic rings. The smallest absolute Gasteiger partial charge is 0.340 e. The molecule has 0 amide bonds. The average Bonchev–Trinajstić information content (AvgIpc) is 3.04. The van der Waals surface area contributed by atoms with Gasteiger partial charge in [0.15, 0.2) is 0 Å². The van der Waals surface area contributed by atoms with E-state index in [0.717, 1.165) is 57.4 Å². The summed E-state index contributed by atoms with van der Waals surface area (Å²) in [6.45, 7) is 4.69. The van der Waals surface area contributed by atoms with Crippen LogP contribution in [0.1, 0.15) is 176 Å². The van der Waals surface area contributed by atoms with Crippen molar-refractivity contribution >= 4 is 22.1 Å². The Morgan fingerprint density at radius 2 is 0.978 bits per heavy atom. The topological polar surface area (TPSA) is 107 Å². The van der Waals surface area contributed by atoms with Crippen LogP contribution >= 0.6 is 0 Å². The zero-order chi connectivity index (χ0) is 33.7. The van der Waals surface area contributed by atoms with E-state index in [4.69, 9.17) is 9.47 Å². The summed E-state index contributed by atoms with van der Waals surface area (Å²) in [6, 6.07) is 3.70. The average molecular weight is 663 g/mol. The molecule has 0 aliphatic rings. The molecule has 0 spiro atoms. The van der Waals surface area contributed by atoms with E-state index < -0.39 is 32.5 Å². The molecule has 0 fully saturated rings. The molecule has 46 heavy (non-hydrogen) atoms. The molecule has 0 aliphatic carbocycles. The van der Waals surface area contributed by atoms with Crippen molar-refractivity contribution in [1.82, 2.24) is 0 Å². The third-order valence-corrected chi connectivity index (χ3v) is 8.90. The maximum atomic E-state index is 12.9. The molecule has 1 N–H and O–H groups in total. The minimum Gasteiger partial charge on any atom is -0.462 e. The quantitative estimate of drug-likeness (QED) is 0.0393. The first kappa shape index (κ1) is 41.6. The van der Waals surface area contributed by atoms with E-state index >= 15 is 0 Å². The molecule has 7 nitrogen and oxygen atoms in total. The van der Waals surface area contributed by atoms with Crippen LogP contribution in [0.25, 0.3) is 0 Å². The first-order valence-corrected chi connectivity index (χ1v) is 19.5. The third kappa shape index (κ3) is 20.6. The van der Waals surface area contributed by atoms with Crippen molar-refractivity contribution in [2.75, 3.05) is 13.2 Å². The molecule has 0 atom stereocenters. The lowest BCUT2D eigenvalue weighted by atomic mass is 10.1. The number of hydrogen-bond acceptors (Lipinski definition) is 6. The minimum absolute atomic E-state index is 0.0853. The maximum Gasteiger partial charge on any atom is 0.340 e. The van der Waals surface area contributed by atoms with Crippen molar-refractivity contribution in [2.45, 2.75) is 160 Å². The SMILES string of the molecule is CCCCCCCC/C=C/CCCCCOC(=O)c1cccc(S(=O)(=O)O)c1C(=O)OCCCCC/C=C/CCCCCCCC. The fraction of sp³-hybridized carbons (Fsp3) is 0.684. The second kappa shape index (κ2) is 27.6. The van der Waals surface area contributed by atoms with Gasteiger partial charge < -0.3 is 9.47 Å². The van der Waals surface area contributed by atoms with Crippen molar-refractivity contribution in [1.29, 1.82) is 0 Å². The van der Waals surface area contributed by atoms with Crippen molar-refractivity contribution in [3.63, 3.8) is 0 Å². The minimum atomic E-state index is -4.77. The van der Waals surface area contributed by atoms with Gasteiger partial charge in [-0.2, -0.15) is 8.42 Å². The fourth-order valence-electron chi connectivity index (χ4n) is 5.24. The monoisotopic (exact) mass is 662 g/mol. The van der Waals surface area contributed by atoms with E-state index in [-0.39, 0.29) is 18.8 Å². The molecule has 0 unspecified atom stereocenters. The first-order chi connectivity index (χ1) is 22.3. The Balaban J connectivity index is 2.40. The molecule has 8 heteroatoms. The van der Waals surface area contributed by atoms with Gasteiger partial charge in [0, 0.05) is 0 Å². The Bertz CT molecular complexity index is 1110. The lowest BCUT2D eigenvalue weighted by molar-refractivity contribution is 0.0447. The number of allylic oxidation sites excluding steroid dienone is 4. The number of benzene rings is 1. The molecule has 0 aliphatic heterocycles. The number of rotatable bonds is 29. The van der Waals surface area contributed by atoms with Gasteiger partial charge in [0.2, 0.25) is 0 Å². The number of hydrogen-bond donors (Lipinski definition) is 1. The number of unbranched alkanes of at least 4 members (excludes halogenated alkanes) is 18. The molecule has 0 bridgehead atoms. The first-order valence-electron chi connectivity index (χ1n) is 18.1. The standard InChI is InChI=1S/C38H62O7S/c1-3-5-7-9-11-13-15-17-19-21-23-25-27-32-44-37(39)34-30-29-31-35(46(41,42)43)36(34)38(40)45-33-28-26-24-22-20-18-16-14-12-10-8-6-4-2/h17-20,29-31H,3-16,21-28,32-33H2,1-2H3,(H,41,42,43)/b19-17+,20-18+. The van der Waals surface area contributed by atoms with Gasteiger partial charge in [-0.3, -0.25) is 4.55 Å². The van der Waals surface area contributed by atoms with E-state index in [1.54, 1.807) is 0 Å². The molecular formula is C38H62O7S. The molecule has 262 valence electrons. The van der Waals surface area contributed by atoms with E-state index in [2.05, 4.69) is 38.2 Å². The molecule has 0 saturated heterocycles. The van der Waals surface area contributed by atoms with Crippen LogP contribution in [0.5, 0.6) is 0 Å². The maximum absolute atomic E-state index is 12.9. The lowest BCUT2D eigenvalue weighted by Crippen LogP contribution is -2.19. The van der Waals surface area contributed by atoms with Crippen LogP contribution in [0.2, 0.25) is 0 Å². The fourth-order valence-corrected chi connectivity index (χ4v) is 5.95. The van der Waals surface area contributed by atoms with Gasteiger partial charge in [-0.1, -0.05) is 108 Å². The van der Waals surface area contributed by atoms with Crippen molar-refractivity contribution < 1.29 is 32.0 Å². The summed E-state index contributed by atoms with van der Waals surface area (Å²) in [5.41, 5.74) is -0.712.